The minimum absolute atomic E-state index is 0.184. The second-order valence-electron chi connectivity index (χ2n) is 9.69. The Morgan fingerprint density at radius 1 is 0.641 bits per heavy atom. The van der Waals surface area contributed by atoms with Crippen LogP contribution in [-0.2, 0) is 0 Å². The minimum Gasteiger partial charge on any atom is -0.378 e. The fourth-order valence-corrected chi connectivity index (χ4v) is 4.16. The van der Waals surface area contributed by atoms with Crippen molar-refractivity contribution in [1.29, 1.82) is 0 Å². The molecule has 2 amide bonds. The molecule has 0 saturated heterocycles. The van der Waals surface area contributed by atoms with E-state index in [1.54, 1.807) is 24.3 Å². The molecule has 3 N–H and O–H groups in total. The lowest BCUT2D eigenvalue weighted by atomic mass is 10.1. The smallest absolute Gasteiger partial charge is 0.255 e. The van der Waals surface area contributed by atoms with Gasteiger partial charge < -0.3 is 25.4 Å². The molecule has 0 spiro atoms. The molecule has 0 atom stereocenters. The molecule has 4 aromatic carbocycles. The van der Waals surface area contributed by atoms with Crippen molar-refractivity contribution in [3.8, 4) is 11.4 Å². The topological polar surface area (TPSA) is 93.4 Å². The lowest BCUT2D eigenvalue weighted by Crippen LogP contribution is -2.12. The first-order chi connectivity index (χ1) is 18.8. The third kappa shape index (κ3) is 5.75. The summed E-state index contributed by atoms with van der Waals surface area (Å²) >= 11 is 0. The molecule has 0 aliphatic heterocycles. The van der Waals surface area contributed by atoms with Crippen LogP contribution in [0.3, 0.4) is 0 Å². The SMILES string of the molecule is CN(C)c1ccc(NC(=O)c2ccc(-c3nc4ccc(C(=O)Nc5ccc(N(C)C)cc5)cc4[nH]3)cc2)cc1. The van der Waals surface area contributed by atoms with Crippen LogP contribution in [0.2, 0.25) is 0 Å². The number of carbonyl (C=O) groups is 2. The number of hydrogen-bond donors (Lipinski definition) is 3. The van der Waals surface area contributed by atoms with Gasteiger partial charge in [0.25, 0.3) is 11.8 Å². The summed E-state index contributed by atoms with van der Waals surface area (Å²) in [5, 5.41) is 5.86. The van der Waals surface area contributed by atoms with Gasteiger partial charge in [0.1, 0.15) is 5.82 Å². The van der Waals surface area contributed by atoms with Crippen LogP contribution in [0.15, 0.2) is 91.0 Å². The van der Waals surface area contributed by atoms with Gasteiger partial charge >= 0.3 is 0 Å². The molecular weight excluding hydrogens is 488 g/mol. The van der Waals surface area contributed by atoms with Gasteiger partial charge in [0.05, 0.1) is 11.0 Å². The summed E-state index contributed by atoms with van der Waals surface area (Å²) < 4.78 is 0. The summed E-state index contributed by atoms with van der Waals surface area (Å²) in [5.41, 5.74) is 6.99. The molecule has 0 unspecified atom stereocenters. The predicted octanol–water partition coefficient (Wildman–Crippen LogP) is 5.87. The van der Waals surface area contributed by atoms with Gasteiger partial charge in [-0.2, -0.15) is 0 Å². The molecule has 1 heterocycles. The summed E-state index contributed by atoms with van der Waals surface area (Å²) in [6.45, 7) is 0. The number of anilines is 4. The lowest BCUT2D eigenvalue weighted by molar-refractivity contribution is 0.101. The number of aromatic nitrogens is 2. The maximum Gasteiger partial charge on any atom is 0.255 e. The Labute approximate surface area is 227 Å². The molecular formula is C31H30N6O2. The molecule has 0 aliphatic rings. The standard InChI is InChI=1S/C31H30N6O2/c1-36(2)25-14-10-23(11-15-25)32-30(38)21-7-5-20(6-8-21)29-34-27-18-9-22(19-28(27)35-29)31(39)33-24-12-16-26(17-13-24)37(3)4/h5-19H,1-4H3,(H,32,38)(H,33,39)(H,34,35). The summed E-state index contributed by atoms with van der Waals surface area (Å²) in [5.74, 6) is 0.279. The Bertz CT molecular complexity index is 1620. The van der Waals surface area contributed by atoms with E-state index in [0.717, 1.165) is 39.3 Å². The van der Waals surface area contributed by atoms with Gasteiger partial charge in [-0.1, -0.05) is 12.1 Å². The second-order valence-corrected chi connectivity index (χ2v) is 9.69. The third-order valence-corrected chi connectivity index (χ3v) is 6.45. The van der Waals surface area contributed by atoms with E-state index in [-0.39, 0.29) is 11.8 Å². The van der Waals surface area contributed by atoms with Crippen LogP contribution in [0, 0.1) is 0 Å². The normalized spacial score (nSPS) is 10.8. The number of nitrogens with zero attached hydrogens (tertiary/aromatic N) is 3. The molecule has 0 saturated carbocycles. The molecule has 0 aliphatic carbocycles. The number of amides is 2. The Hall–Kier alpha value is -5.11. The number of nitrogens with one attached hydrogen (secondary N) is 3. The van der Waals surface area contributed by atoms with Gasteiger partial charge in [-0.15, -0.1) is 0 Å². The molecule has 0 bridgehead atoms. The molecule has 39 heavy (non-hydrogen) atoms. The van der Waals surface area contributed by atoms with E-state index in [9.17, 15) is 9.59 Å². The number of imidazole rings is 1. The van der Waals surface area contributed by atoms with Crippen LogP contribution in [0.25, 0.3) is 22.4 Å². The number of rotatable bonds is 7. The highest BCUT2D eigenvalue weighted by molar-refractivity contribution is 6.06. The highest BCUT2D eigenvalue weighted by Gasteiger charge is 2.12. The first-order valence-electron chi connectivity index (χ1n) is 12.5. The second kappa shape index (κ2) is 10.7. The van der Waals surface area contributed by atoms with E-state index in [2.05, 4.69) is 20.6 Å². The van der Waals surface area contributed by atoms with Crippen molar-refractivity contribution in [1.82, 2.24) is 9.97 Å². The van der Waals surface area contributed by atoms with E-state index in [1.807, 2.05) is 105 Å². The van der Waals surface area contributed by atoms with E-state index in [4.69, 9.17) is 0 Å². The fraction of sp³-hybridized carbons (Fsp3) is 0.129. The number of hydrogen-bond acceptors (Lipinski definition) is 5. The zero-order chi connectivity index (χ0) is 27.5. The van der Waals surface area contributed by atoms with Crippen LogP contribution < -0.4 is 20.4 Å². The summed E-state index contributed by atoms with van der Waals surface area (Å²) in [6, 6.07) is 28.0. The van der Waals surface area contributed by atoms with Gasteiger partial charge in [-0.05, 0) is 78.9 Å². The van der Waals surface area contributed by atoms with E-state index >= 15 is 0 Å². The van der Waals surface area contributed by atoms with Crippen LogP contribution >= 0.6 is 0 Å². The van der Waals surface area contributed by atoms with Crippen molar-refractivity contribution in [2.24, 2.45) is 0 Å². The maximum atomic E-state index is 12.8. The average molecular weight is 519 g/mol. The number of H-pyrrole nitrogens is 1. The van der Waals surface area contributed by atoms with Gasteiger partial charge in [0.2, 0.25) is 0 Å². The Balaban J connectivity index is 1.27. The average Bonchev–Trinajstić information content (AvgIpc) is 3.37. The molecule has 8 heteroatoms. The zero-order valence-electron chi connectivity index (χ0n) is 22.3. The van der Waals surface area contributed by atoms with E-state index in [1.165, 1.54) is 0 Å². The first kappa shape index (κ1) is 25.5. The monoisotopic (exact) mass is 518 g/mol. The van der Waals surface area contributed by atoms with E-state index < -0.39 is 0 Å². The molecule has 8 nitrogen and oxygen atoms in total. The fourth-order valence-electron chi connectivity index (χ4n) is 4.16. The minimum atomic E-state index is -0.197. The summed E-state index contributed by atoms with van der Waals surface area (Å²) in [7, 11) is 7.89. The molecule has 0 radical (unpaired) electrons. The third-order valence-electron chi connectivity index (χ3n) is 6.45. The highest BCUT2D eigenvalue weighted by atomic mass is 16.2. The van der Waals surface area contributed by atoms with Gasteiger partial charge in [-0.3, -0.25) is 9.59 Å². The molecule has 1 aromatic heterocycles. The van der Waals surface area contributed by atoms with Crippen LogP contribution in [0.5, 0.6) is 0 Å². The van der Waals surface area contributed by atoms with Crippen LogP contribution in [0.4, 0.5) is 22.7 Å². The quantitative estimate of drug-likeness (QED) is 0.251. The summed E-state index contributed by atoms with van der Waals surface area (Å²) in [4.78, 5) is 37.5. The van der Waals surface area contributed by atoms with Gasteiger partial charge in [0, 0.05) is 67.6 Å². The predicted molar refractivity (Wildman–Crippen MR) is 159 cm³/mol. The van der Waals surface area contributed by atoms with Crippen molar-refractivity contribution >= 4 is 45.6 Å². The lowest BCUT2D eigenvalue weighted by Gasteiger charge is -2.13. The van der Waals surface area contributed by atoms with Crippen LogP contribution in [0.1, 0.15) is 20.7 Å². The number of benzene rings is 4. The first-order valence-corrected chi connectivity index (χ1v) is 12.5. The Morgan fingerprint density at radius 3 is 1.64 bits per heavy atom. The molecule has 196 valence electrons. The Kier molecular flexibility index (Phi) is 7.01. The number of fused-ring (bicyclic) bond motifs is 1. The van der Waals surface area contributed by atoms with Crippen molar-refractivity contribution in [2.45, 2.75) is 0 Å². The van der Waals surface area contributed by atoms with Gasteiger partial charge in [-0.25, -0.2) is 4.98 Å². The van der Waals surface area contributed by atoms with Crippen molar-refractivity contribution in [3.05, 3.63) is 102 Å². The largest absolute Gasteiger partial charge is 0.378 e. The molecule has 5 aromatic rings. The van der Waals surface area contributed by atoms with Gasteiger partial charge in [0.15, 0.2) is 0 Å². The summed E-state index contributed by atoms with van der Waals surface area (Å²) in [6.07, 6.45) is 0. The zero-order valence-corrected chi connectivity index (χ0v) is 22.3. The number of aromatic amines is 1. The molecule has 5 rings (SSSR count). The Morgan fingerprint density at radius 2 is 1.13 bits per heavy atom. The highest BCUT2D eigenvalue weighted by Crippen LogP contribution is 2.23. The maximum absolute atomic E-state index is 12.8. The van der Waals surface area contributed by atoms with Crippen molar-refractivity contribution in [3.63, 3.8) is 0 Å². The van der Waals surface area contributed by atoms with Crippen molar-refractivity contribution < 1.29 is 9.59 Å². The number of carbonyl (C=O) groups excluding carboxylic acids is 2. The van der Waals surface area contributed by atoms with Crippen LogP contribution in [-0.4, -0.2) is 50.0 Å². The van der Waals surface area contributed by atoms with E-state index in [0.29, 0.717) is 17.0 Å². The van der Waals surface area contributed by atoms with Crippen molar-refractivity contribution in [2.75, 3.05) is 48.6 Å². The molecule has 0 fully saturated rings.